The maximum Gasteiger partial charge on any atom is 0.338 e. The summed E-state index contributed by atoms with van der Waals surface area (Å²) in [6.07, 6.45) is 1.97. The Hall–Kier alpha value is -2.74. The summed E-state index contributed by atoms with van der Waals surface area (Å²) in [5.41, 5.74) is 1.46. The molecule has 0 aromatic heterocycles. The minimum atomic E-state index is -0.664. The summed E-state index contributed by atoms with van der Waals surface area (Å²) in [5, 5.41) is 5.39. The van der Waals surface area contributed by atoms with Crippen LogP contribution in [0.1, 0.15) is 38.3 Å². The van der Waals surface area contributed by atoms with Crippen molar-refractivity contribution in [3.05, 3.63) is 35.0 Å². The SMILES string of the molecule is CCCCOc1ccc([C@@H]2NC(=O)NC(C)=C2C(=O)OCCOC)cc1OC. The van der Waals surface area contributed by atoms with E-state index in [0.717, 1.165) is 12.8 Å². The average Bonchev–Trinajstić information content (AvgIpc) is 2.67. The number of benzene rings is 1. The van der Waals surface area contributed by atoms with Crippen LogP contribution in [0.4, 0.5) is 4.79 Å². The molecule has 1 heterocycles. The lowest BCUT2D eigenvalue weighted by atomic mass is 9.95. The molecule has 2 N–H and O–H groups in total. The van der Waals surface area contributed by atoms with E-state index in [2.05, 4.69) is 17.6 Å². The van der Waals surface area contributed by atoms with Gasteiger partial charge in [0, 0.05) is 12.8 Å². The number of urea groups is 1. The first-order valence-electron chi connectivity index (χ1n) is 9.26. The van der Waals surface area contributed by atoms with Gasteiger partial charge in [-0.05, 0) is 31.0 Å². The van der Waals surface area contributed by atoms with Crippen molar-refractivity contribution in [3.8, 4) is 11.5 Å². The molecule has 0 spiro atoms. The number of amides is 2. The van der Waals surface area contributed by atoms with Crippen LogP contribution in [0.2, 0.25) is 0 Å². The second kappa shape index (κ2) is 10.6. The van der Waals surface area contributed by atoms with E-state index in [0.29, 0.717) is 41.5 Å². The fourth-order valence-corrected chi connectivity index (χ4v) is 2.82. The number of allylic oxidation sites excluding steroid dienone is 1. The van der Waals surface area contributed by atoms with Crippen LogP contribution >= 0.6 is 0 Å². The third-order valence-electron chi connectivity index (χ3n) is 4.29. The molecule has 0 radical (unpaired) electrons. The smallest absolute Gasteiger partial charge is 0.338 e. The Morgan fingerprint density at radius 2 is 1.93 bits per heavy atom. The monoisotopic (exact) mass is 392 g/mol. The Morgan fingerprint density at radius 3 is 2.61 bits per heavy atom. The first-order chi connectivity index (χ1) is 13.5. The maximum absolute atomic E-state index is 12.6. The first kappa shape index (κ1) is 21.6. The molecule has 1 aliphatic rings. The van der Waals surface area contributed by atoms with Crippen molar-refractivity contribution >= 4 is 12.0 Å². The van der Waals surface area contributed by atoms with Gasteiger partial charge in [-0.3, -0.25) is 0 Å². The third-order valence-corrected chi connectivity index (χ3v) is 4.29. The summed E-state index contributed by atoms with van der Waals surface area (Å²) in [5.74, 6) is 0.630. The first-order valence-corrected chi connectivity index (χ1v) is 9.26. The predicted molar refractivity (Wildman–Crippen MR) is 103 cm³/mol. The highest BCUT2D eigenvalue weighted by atomic mass is 16.6. The van der Waals surface area contributed by atoms with Crippen molar-refractivity contribution in [3.63, 3.8) is 0 Å². The van der Waals surface area contributed by atoms with Crippen molar-refractivity contribution in [2.45, 2.75) is 32.7 Å². The second-order valence-electron chi connectivity index (χ2n) is 6.31. The van der Waals surface area contributed by atoms with Gasteiger partial charge in [-0.25, -0.2) is 9.59 Å². The van der Waals surface area contributed by atoms with E-state index in [-0.39, 0.29) is 6.61 Å². The van der Waals surface area contributed by atoms with Gasteiger partial charge in [-0.1, -0.05) is 19.4 Å². The van der Waals surface area contributed by atoms with Crippen molar-refractivity contribution in [1.82, 2.24) is 10.6 Å². The molecule has 8 nitrogen and oxygen atoms in total. The summed E-state index contributed by atoms with van der Waals surface area (Å²) >= 11 is 0. The van der Waals surface area contributed by atoms with Crippen molar-refractivity contribution in [1.29, 1.82) is 0 Å². The van der Waals surface area contributed by atoms with Crippen LogP contribution in [0.25, 0.3) is 0 Å². The van der Waals surface area contributed by atoms with Crippen LogP contribution in [-0.4, -0.2) is 46.0 Å². The van der Waals surface area contributed by atoms with Crippen LogP contribution < -0.4 is 20.1 Å². The van der Waals surface area contributed by atoms with Gasteiger partial charge in [0.15, 0.2) is 11.5 Å². The van der Waals surface area contributed by atoms with Gasteiger partial charge in [0.05, 0.1) is 31.9 Å². The molecule has 2 amide bonds. The van der Waals surface area contributed by atoms with Crippen LogP contribution in [0.5, 0.6) is 11.5 Å². The number of unbranched alkanes of at least 4 members (excludes halogenated alkanes) is 1. The van der Waals surface area contributed by atoms with E-state index in [4.69, 9.17) is 18.9 Å². The van der Waals surface area contributed by atoms with Gasteiger partial charge in [0.2, 0.25) is 0 Å². The maximum atomic E-state index is 12.6. The van der Waals surface area contributed by atoms with Gasteiger partial charge in [0.25, 0.3) is 0 Å². The highest BCUT2D eigenvalue weighted by Crippen LogP contribution is 2.34. The molecule has 0 saturated heterocycles. The largest absolute Gasteiger partial charge is 0.493 e. The molecule has 0 fully saturated rings. The lowest BCUT2D eigenvalue weighted by Crippen LogP contribution is -2.45. The van der Waals surface area contributed by atoms with E-state index in [1.54, 1.807) is 32.2 Å². The van der Waals surface area contributed by atoms with Gasteiger partial charge in [-0.15, -0.1) is 0 Å². The average molecular weight is 392 g/mol. The Labute approximate surface area is 165 Å². The Kier molecular flexibility index (Phi) is 8.13. The normalized spacial score (nSPS) is 16.3. The molecule has 8 heteroatoms. The Bertz CT molecular complexity index is 731. The summed E-state index contributed by atoms with van der Waals surface area (Å²) in [7, 11) is 3.08. The number of carbonyl (C=O) groups excluding carboxylic acids is 2. The third kappa shape index (κ3) is 5.39. The minimum Gasteiger partial charge on any atom is -0.493 e. The number of methoxy groups -OCH3 is 2. The summed E-state index contributed by atoms with van der Waals surface area (Å²) in [6.45, 7) is 4.76. The number of ether oxygens (including phenoxy) is 4. The molecule has 0 saturated carbocycles. The zero-order valence-electron chi connectivity index (χ0n) is 16.8. The highest BCUT2D eigenvalue weighted by Gasteiger charge is 2.32. The molecule has 1 atom stereocenters. The molecule has 28 heavy (non-hydrogen) atoms. The summed E-state index contributed by atoms with van der Waals surface area (Å²) in [6, 6.07) is 4.28. The second-order valence-corrected chi connectivity index (χ2v) is 6.31. The quantitative estimate of drug-likeness (QED) is 0.470. The van der Waals surface area contributed by atoms with Gasteiger partial charge in [-0.2, -0.15) is 0 Å². The predicted octanol–water partition coefficient (Wildman–Crippen LogP) is 2.69. The zero-order chi connectivity index (χ0) is 20.5. The fourth-order valence-electron chi connectivity index (χ4n) is 2.82. The standard InChI is InChI=1S/C20H28N2O6/c1-5-6-9-27-15-8-7-14(12-16(15)26-4)18-17(13(2)21-20(24)22-18)19(23)28-11-10-25-3/h7-8,12,18H,5-6,9-11H2,1-4H3,(H2,21,22,24)/t18-/m0/s1. The van der Waals surface area contributed by atoms with Gasteiger partial charge >= 0.3 is 12.0 Å². The molecule has 1 aromatic rings. The molecular weight excluding hydrogens is 364 g/mol. The molecule has 154 valence electrons. The van der Waals surface area contributed by atoms with Crippen molar-refractivity contribution < 1.29 is 28.5 Å². The molecule has 0 bridgehead atoms. The Morgan fingerprint density at radius 1 is 1.14 bits per heavy atom. The Balaban J connectivity index is 2.30. The molecule has 0 unspecified atom stereocenters. The van der Waals surface area contributed by atoms with E-state index < -0.39 is 18.0 Å². The van der Waals surface area contributed by atoms with Gasteiger partial charge in [0.1, 0.15) is 6.61 Å². The lowest BCUT2D eigenvalue weighted by molar-refractivity contribution is -0.140. The minimum absolute atomic E-state index is 0.125. The number of carbonyl (C=O) groups is 2. The van der Waals surface area contributed by atoms with E-state index in [1.165, 1.54) is 7.11 Å². The van der Waals surface area contributed by atoms with Crippen molar-refractivity contribution in [2.75, 3.05) is 34.0 Å². The lowest BCUT2D eigenvalue weighted by Gasteiger charge is -2.28. The van der Waals surface area contributed by atoms with Crippen LogP contribution in [0, 0.1) is 0 Å². The number of esters is 1. The topological polar surface area (TPSA) is 95.1 Å². The fraction of sp³-hybridized carbons (Fsp3) is 0.500. The molecule has 1 aliphatic heterocycles. The van der Waals surface area contributed by atoms with Crippen molar-refractivity contribution in [2.24, 2.45) is 0 Å². The number of hydrogen-bond acceptors (Lipinski definition) is 6. The highest BCUT2D eigenvalue weighted by molar-refractivity contribution is 5.95. The molecular formula is C20H28N2O6. The summed E-state index contributed by atoms with van der Waals surface area (Å²) in [4.78, 5) is 24.6. The van der Waals surface area contributed by atoms with E-state index in [1.807, 2.05) is 0 Å². The number of hydrogen-bond donors (Lipinski definition) is 2. The zero-order valence-corrected chi connectivity index (χ0v) is 16.8. The van der Waals surface area contributed by atoms with Crippen LogP contribution in [0.3, 0.4) is 0 Å². The number of rotatable bonds is 10. The molecule has 2 rings (SSSR count). The van der Waals surface area contributed by atoms with Gasteiger partial charge < -0.3 is 29.6 Å². The molecule has 1 aromatic carbocycles. The number of nitrogens with one attached hydrogen (secondary N) is 2. The van der Waals surface area contributed by atoms with E-state index >= 15 is 0 Å². The van der Waals surface area contributed by atoms with Crippen LogP contribution in [-0.2, 0) is 14.3 Å². The van der Waals surface area contributed by atoms with E-state index in [9.17, 15) is 9.59 Å². The van der Waals surface area contributed by atoms with Crippen LogP contribution in [0.15, 0.2) is 29.5 Å². The summed E-state index contributed by atoms with van der Waals surface area (Å²) < 4.78 is 21.4. The molecule has 0 aliphatic carbocycles.